The van der Waals surface area contributed by atoms with Crippen LogP contribution in [0.25, 0.3) is 6.08 Å². The Balaban J connectivity index is 2.27. The molecule has 0 aliphatic carbocycles. The van der Waals surface area contributed by atoms with E-state index in [1.54, 1.807) is 12.1 Å². The van der Waals surface area contributed by atoms with Gasteiger partial charge in [-0.1, -0.05) is 50.3 Å². The van der Waals surface area contributed by atoms with E-state index in [1.165, 1.54) is 6.07 Å². The van der Waals surface area contributed by atoms with Gasteiger partial charge in [0, 0.05) is 0 Å². The van der Waals surface area contributed by atoms with Gasteiger partial charge in [0.2, 0.25) is 0 Å². The molecule has 2 aromatic rings. The van der Waals surface area contributed by atoms with Crippen LogP contribution in [0.2, 0.25) is 0 Å². The molecule has 2 N–H and O–H groups in total. The first-order valence-electron chi connectivity index (χ1n) is 7.99. The molecule has 4 heteroatoms. The first-order valence-corrected chi connectivity index (χ1v) is 7.99. The van der Waals surface area contributed by atoms with E-state index in [4.69, 9.17) is 4.74 Å². The number of aromatic carboxylic acids is 1. The maximum atomic E-state index is 11.3. The van der Waals surface area contributed by atoms with Gasteiger partial charge in [0.1, 0.15) is 23.7 Å². The number of unbranched alkanes of at least 4 members (excludes halogenated alkanes) is 1. The Morgan fingerprint density at radius 3 is 2.67 bits per heavy atom. The van der Waals surface area contributed by atoms with Crippen molar-refractivity contribution in [1.82, 2.24) is 0 Å². The van der Waals surface area contributed by atoms with Crippen LogP contribution in [0.15, 0.2) is 43.0 Å². The van der Waals surface area contributed by atoms with Crippen molar-refractivity contribution in [3.05, 3.63) is 65.2 Å². The lowest BCUT2D eigenvalue weighted by Gasteiger charge is -2.13. The third-order valence-corrected chi connectivity index (χ3v) is 3.86. The number of phenols is 1. The van der Waals surface area contributed by atoms with Gasteiger partial charge in [0.25, 0.3) is 0 Å². The minimum Gasteiger partial charge on any atom is -0.507 e. The number of aryl methyl sites for hydroxylation is 1. The number of aromatic hydroxyl groups is 1. The van der Waals surface area contributed by atoms with Crippen molar-refractivity contribution in [3.63, 3.8) is 0 Å². The zero-order valence-electron chi connectivity index (χ0n) is 13.8. The Morgan fingerprint density at radius 1 is 1.25 bits per heavy atom. The molecule has 0 saturated heterocycles. The topological polar surface area (TPSA) is 66.8 Å². The molecule has 4 nitrogen and oxygen atoms in total. The van der Waals surface area contributed by atoms with Crippen LogP contribution >= 0.6 is 0 Å². The highest BCUT2D eigenvalue weighted by Crippen LogP contribution is 2.30. The second-order valence-corrected chi connectivity index (χ2v) is 5.58. The molecule has 0 unspecified atom stereocenters. The third kappa shape index (κ3) is 4.16. The van der Waals surface area contributed by atoms with E-state index in [1.807, 2.05) is 31.2 Å². The Bertz CT molecular complexity index is 734. The van der Waals surface area contributed by atoms with Crippen LogP contribution in [0.4, 0.5) is 0 Å². The minimum absolute atomic E-state index is 0.129. The first kappa shape index (κ1) is 17.6. The number of carbonyl (C=O) groups is 1. The van der Waals surface area contributed by atoms with Gasteiger partial charge < -0.3 is 14.9 Å². The minimum atomic E-state index is -1.16. The summed E-state index contributed by atoms with van der Waals surface area (Å²) in [5.74, 6) is -0.896. The van der Waals surface area contributed by atoms with Crippen LogP contribution in [-0.2, 0) is 13.0 Å². The van der Waals surface area contributed by atoms with Gasteiger partial charge in [0.05, 0.1) is 0 Å². The van der Waals surface area contributed by atoms with Crippen LogP contribution in [0, 0.1) is 0 Å². The Labute approximate surface area is 142 Å². The summed E-state index contributed by atoms with van der Waals surface area (Å²) in [5.41, 5.74) is 2.41. The van der Waals surface area contributed by atoms with E-state index in [2.05, 4.69) is 6.58 Å². The lowest BCUT2D eigenvalue weighted by atomic mass is 10.0. The fraction of sp³-hybridized carbons (Fsp3) is 0.250. The molecule has 0 spiro atoms. The fourth-order valence-electron chi connectivity index (χ4n) is 2.50. The molecule has 0 aliphatic heterocycles. The quantitative estimate of drug-likeness (QED) is 0.740. The molecule has 0 fully saturated rings. The highest BCUT2D eigenvalue weighted by Gasteiger charge is 2.16. The number of hydrogen-bond donors (Lipinski definition) is 2. The second kappa shape index (κ2) is 8.20. The molecule has 126 valence electrons. The molecule has 0 heterocycles. The van der Waals surface area contributed by atoms with Crippen molar-refractivity contribution >= 4 is 12.0 Å². The summed E-state index contributed by atoms with van der Waals surface area (Å²) in [6.07, 6.45) is 4.20. The van der Waals surface area contributed by atoms with Crippen LogP contribution in [0.1, 0.15) is 46.8 Å². The molecule has 2 aromatic carbocycles. The summed E-state index contributed by atoms with van der Waals surface area (Å²) in [5, 5.41) is 19.4. The summed E-state index contributed by atoms with van der Waals surface area (Å²) in [4.78, 5) is 11.3. The van der Waals surface area contributed by atoms with Gasteiger partial charge >= 0.3 is 5.97 Å². The Kier molecular flexibility index (Phi) is 6.01. The number of rotatable bonds is 8. The summed E-state index contributed by atoms with van der Waals surface area (Å²) in [6.45, 7) is 6.13. The molecule has 0 amide bonds. The van der Waals surface area contributed by atoms with Gasteiger partial charge in [-0.05, 0) is 41.7 Å². The largest absolute Gasteiger partial charge is 0.507 e. The smallest absolute Gasteiger partial charge is 0.339 e. The van der Waals surface area contributed by atoms with E-state index < -0.39 is 5.97 Å². The van der Waals surface area contributed by atoms with E-state index in [9.17, 15) is 15.0 Å². The zero-order chi connectivity index (χ0) is 17.5. The van der Waals surface area contributed by atoms with Crippen molar-refractivity contribution in [1.29, 1.82) is 0 Å². The maximum absolute atomic E-state index is 11.3. The molecule has 2 rings (SSSR count). The molecule has 0 saturated carbocycles. The molecular formula is C20H22O4. The highest BCUT2D eigenvalue weighted by molar-refractivity contribution is 5.91. The number of ether oxygens (including phenoxy) is 1. The number of carboxylic acids is 1. The number of benzene rings is 2. The van der Waals surface area contributed by atoms with Crippen LogP contribution in [0.5, 0.6) is 11.5 Å². The average molecular weight is 326 g/mol. The second-order valence-electron chi connectivity index (χ2n) is 5.58. The van der Waals surface area contributed by atoms with Gasteiger partial charge in [-0.25, -0.2) is 4.79 Å². The van der Waals surface area contributed by atoms with Crippen LogP contribution in [0.3, 0.4) is 0 Å². The van der Waals surface area contributed by atoms with Gasteiger partial charge in [-0.15, -0.1) is 0 Å². The maximum Gasteiger partial charge on any atom is 0.339 e. The Morgan fingerprint density at radius 2 is 2.00 bits per heavy atom. The summed E-state index contributed by atoms with van der Waals surface area (Å²) in [7, 11) is 0. The molecule has 0 aliphatic rings. The van der Waals surface area contributed by atoms with Crippen molar-refractivity contribution in [2.24, 2.45) is 0 Å². The van der Waals surface area contributed by atoms with Crippen molar-refractivity contribution < 1.29 is 19.7 Å². The lowest BCUT2D eigenvalue weighted by molar-refractivity contribution is 0.0693. The first-order chi connectivity index (χ1) is 11.6. The lowest BCUT2D eigenvalue weighted by Crippen LogP contribution is -2.03. The third-order valence-electron chi connectivity index (χ3n) is 3.86. The average Bonchev–Trinajstić information content (AvgIpc) is 2.59. The number of carboxylic acid groups (broad SMARTS) is 1. The molecule has 0 aromatic heterocycles. The molecule has 24 heavy (non-hydrogen) atoms. The van der Waals surface area contributed by atoms with Crippen LogP contribution < -0.4 is 4.74 Å². The standard InChI is InChI=1S/C20H22O4/c1-3-5-8-15-11-17(12-18(19(15)21)20(22)23)24-13-16-10-7-6-9-14(16)4-2/h4,6-7,9-12,21H,2-3,5,8,13H2,1H3,(H,22,23). The van der Waals surface area contributed by atoms with E-state index in [-0.39, 0.29) is 11.3 Å². The van der Waals surface area contributed by atoms with Gasteiger partial charge in [0.15, 0.2) is 0 Å². The molecular weight excluding hydrogens is 304 g/mol. The molecule has 0 atom stereocenters. The summed E-state index contributed by atoms with van der Waals surface area (Å²) < 4.78 is 5.78. The highest BCUT2D eigenvalue weighted by atomic mass is 16.5. The van der Waals surface area contributed by atoms with Crippen molar-refractivity contribution in [2.45, 2.75) is 32.8 Å². The van der Waals surface area contributed by atoms with E-state index >= 15 is 0 Å². The van der Waals surface area contributed by atoms with Gasteiger partial charge in [-0.2, -0.15) is 0 Å². The van der Waals surface area contributed by atoms with Gasteiger partial charge in [-0.3, -0.25) is 0 Å². The predicted molar refractivity (Wildman–Crippen MR) is 94.5 cm³/mol. The molecule has 0 radical (unpaired) electrons. The summed E-state index contributed by atoms with van der Waals surface area (Å²) in [6, 6.07) is 10.8. The SMILES string of the molecule is C=Cc1ccccc1COc1cc(CCCC)c(O)c(C(=O)O)c1. The summed E-state index contributed by atoms with van der Waals surface area (Å²) >= 11 is 0. The predicted octanol–water partition coefficient (Wildman–Crippen LogP) is 4.66. The van der Waals surface area contributed by atoms with E-state index in [0.29, 0.717) is 24.3 Å². The monoisotopic (exact) mass is 326 g/mol. The fourth-order valence-corrected chi connectivity index (χ4v) is 2.50. The van der Waals surface area contributed by atoms with E-state index in [0.717, 1.165) is 24.0 Å². The molecule has 0 bridgehead atoms. The normalized spacial score (nSPS) is 10.4. The number of hydrogen-bond acceptors (Lipinski definition) is 3. The zero-order valence-corrected chi connectivity index (χ0v) is 13.8. The van der Waals surface area contributed by atoms with Crippen molar-refractivity contribution in [2.75, 3.05) is 0 Å². The van der Waals surface area contributed by atoms with Crippen molar-refractivity contribution in [3.8, 4) is 11.5 Å². The Hall–Kier alpha value is -2.75. The van der Waals surface area contributed by atoms with Crippen LogP contribution in [-0.4, -0.2) is 16.2 Å².